The zero-order chi connectivity index (χ0) is 17.9. The molecule has 7 nitrogen and oxygen atoms in total. The molecule has 142 valence electrons. The first-order valence-electron chi connectivity index (χ1n) is 9.62. The minimum Gasteiger partial charge on any atom is -0.392 e. The van der Waals surface area contributed by atoms with Gasteiger partial charge in [-0.05, 0) is 25.7 Å². The van der Waals surface area contributed by atoms with Crippen molar-refractivity contribution in [1.29, 1.82) is 0 Å². The van der Waals surface area contributed by atoms with Gasteiger partial charge in [-0.1, -0.05) is 0 Å². The number of aliphatic hydroxyl groups is 1. The molecular weight excluding hydrogens is 322 g/mol. The van der Waals surface area contributed by atoms with Crippen molar-refractivity contribution in [2.24, 2.45) is 11.1 Å². The number of piperidine rings is 2. The molecule has 3 fully saturated rings. The molecule has 2 aliphatic heterocycles. The molecule has 2 heterocycles. The number of rotatable bonds is 6. The maximum Gasteiger partial charge on any atom is 0.224 e. The van der Waals surface area contributed by atoms with Crippen molar-refractivity contribution >= 4 is 11.8 Å². The molecule has 0 aromatic carbocycles. The summed E-state index contributed by atoms with van der Waals surface area (Å²) in [5.41, 5.74) is 5.31. The van der Waals surface area contributed by atoms with Crippen LogP contribution in [0.4, 0.5) is 0 Å². The highest BCUT2D eigenvalue weighted by atomic mass is 16.5. The Morgan fingerprint density at radius 2 is 2.04 bits per heavy atom. The average molecular weight is 353 g/mol. The van der Waals surface area contributed by atoms with E-state index in [2.05, 4.69) is 0 Å². The molecule has 3 rings (SSSR count). The summed E-state index contributed by atoms with van der Waals surface area (Å²) in [6.07, 6.45) is 4.96. The van der Waals surface area contributed by atoms with Crippen LogP contribution in [0, 0.1) is 5.41 Å². The van der Waals surface area contributed by atoms with Crippen molar-refractivity contribution < 1.29 is 19.4 Å². The Morgan fingerprint density at radius 1 is 1.28 bits per heavy atom. The molecule has 2 amide bonds. The fourth-order valence-corrected chi connectivity index (χ4v) is 4.49. The lowest BCUT2D eigenvalue weighted by molar-refractivity contribution is -0.210. The Hall–Kier alpha value is -1.18. The standard InChI is InChI=1S/C18H31N3O4/c19-7-12-25-15-13-14(22)18(15)5-10-21(11-6-18)17(24)4-9-20-8-2-1-3-16(20)23/h14-15,22H,1-13,19H2/t14-,15+/m1/s1. The molecule has 7 heteroatoms. The summed E-state index contributed by atoms with van der Waals surface area (Å²) in [5.74, 6) is 0.288. The summed E-state index contributed by atoms with van der Waals surface area (Å²) >= 11 is 0. The number of hydrogen-bond donors (Lipinski definition) is 2. The predicted molar refractivity (Wildman–Crippen MR) is 92.7 cm³/mol. The molecule has 0 aromatic heterocycles. The van der Waals surface area contributed by atoms with E-state index in [0.29, 0.717) is 52.0 Å². The van der Waals surface area contributed by atoms with Gasteiger partial charge in [0.25, 0.3) is 0 Å². The second kappa shape index (κ2) is 8.01. The predicted octanol–water partition coefficient (Wildman–Crippen LogP) is 0.106. The van der Waals surface area contributed by atoms with E-state index in [-0.39, 0.29) is 29.4 Å². The van der Waals surface area contributed by atoms with Gasteiger partial charge in [-0.2, -0.15) is 0 Å². The normalized spacial score (nSPS) is 29.0. The van der Waals surface area contributed by atoms with E-state index in [1.165, 1.54) is 0 Å². The lowest BCUT2D eigenvalue weighted by Crippen LogP contribution is -2.63. The average Bonchev–Trinajstić information content (AvgIpc) is 2.64. The molecule has 0 bridgehead atoms. The minimum atomic E-state index is -0.335. The summed E-state index contributed by atoms with van der Waals surface area (Å²) in [6.45, 7) is 3.64. The van der Waals surface area contributed by atoms with Gasteiger partial charge in [0.2, 0.25) is 11.8 Å². The van der Waals surface area contributed by atoms with Crippen LogP contribution >= 0.6 is 0 Å². The first-order chi connectivity index (χ1) is 12.1. The van der Waals surface area contributed by atoms with Crippen LogP contribution in [0.5, 0.6) is 0 Å². The van der Waals surface area contributed by atoms with Crippen LogP contribution in [0.25, 0.3) is 0 Å². The van der Waals surface area contributed by atoms with Crippen molar-refractivity contribution in [3.8, 4) is 0 Å². The van der Waals surface area contributed by atoms with E-state index in [1.807, 2.05) is 9.80 Å². The molecular formula is C18H31N3O4. The minimum absolute atomic E-state index is 0.0641. The molecule has 25 heavy (non-hydrogen) atoms. The van der Waals surface area contributed by atoms with E-state index in [4.69, 9.17) is 10.5 Å². The lowest BCUT2D eigenvalue weighted by Gasteiger charge is -2.56. The third kappa shape index (κ3) is 3.83. The number of nitrogens with two attached hydrogens (primary N) is 1. The number of likely N-dealkylation sites (tertiary alicyclic amines) is 2. The van der Waals surface area contributed by atoms with Gasteiger partial charge in [0.15, 0.2) is 0 Å². The fourth-order valence-electron chi connectivity index (χ4n) is 4.49. The highest BCUT2D eigenvalue weighted by Crippen LogP contribution is 2.50. The molecule has 2 saturated heterocycles. The molecule has 2 atom stereocenters. The highest BCUT2D eigenvalue weighted by Gasteiger charge is 2.56. The summed E-state index contributed by atoms with van der Waals surface area (Å²) in [7, 11) is 0. The summed E-state index contributed by atoms with van der Waals surface area (Å²) in [6, 6.07) is 0. The second-order valence-corrected chi connectivity index (χ2v) is 7.60. The molecule has 0 unspecified atom stereocenters. The fraction of sp³-hybridized carbons (Fsp3) is 0.889. The number of hydrogen-bond acceptors (Lipinski definition) is 5. The maximum atomic E-state index is 12.5. The van der Waals surface area contributed by atoms with Crippen molar-refractivity contribution in [3.63, 3.8) is 0 Å². The number of amides is 2. The Bertz CT molecular complexity index is 491. The van der Waals surface area contributed by atoms with Gasteiger partial charge in [-0.25, -0.2) is 0 Å². The molecule has 0 aromatic rings. The van der Waals surface area contributed by atoms with Gasteiger partial charge in [-0.15, -0.1) is 0 Å². The van der Waals surface area contributed by atoms with E-state index in [1.54, 1.807) is 0 Å². The van der Waals surface area contributed by atoms with Crippen molar-refractivity contribution in [2.75, 3.05) is 39.3 Å². The van der Waals surface area contributed by atoms with Gasteiger partial charge in [-0.3, -0.25) is 9.59 Å². The largest absolute Gasteiger partial charge is 0.392 e. The number of carbonyl (C=O) groups excluding carboxylic acids is 2. The van der Waals surface area contributed by atoms with Crippen molar-refractivity contribution in [3.05, 3.63) is 0 Å². The van der Waals surface area contributed by atoms with Gasteiger partial charge in [0.1, 0.15) is 0 Å². The molecule has 3 N–H and O–H groups in total. The Morgan fingerprint density at radius 3 is 2.68 bits per heavy atom. The third-order valence-electron chi connectivity index (χ3n) is 6.24. The van der Waals surface area contributed by atoms with Gasteiger partial charge in [0.05, 0.1) is 18.8 Å². The van der Waals surface area contributed by atoms with Crippen LogP contribution in [0.15, 0.2) is 0 Å². The SMILES string of the molecule is NCCO[C@H]1C[C@@H](O)C12CCN(C(=O)CCN1CCCCC1=O)CC2. The smallest absolute Gasteiger partial charge is 0.224 e. The highest BCUT2D eigenvalue weighted by molar-refractivity contribution is 5.79. The summed E-state index contributed by atoms with van der Waals surface area (Å²) in [4.78, 5) is 28.0. The third-order valence-corrected chi connectivity index (χ3v) is 6.24. The quantitative estimate of drug-likeness (QED) is 0.706. The maximum absolute atomic E-state index is 12.5. The molecule has 1 aliphatic carbocycles. The van der Waals surface area contributed by atoms with Gasteiger partial charge >= 0.3 is 0 Å². The van der Waals surface area contributed by atoms with E-state index in [0.717, 1.165) is 32.2 Å². The molecule has 0 radical (unpaired) electrons. The molecule has 1 saturated carbocycles. The van der Waals surface area contributed by atoms with E-state index < -0.39 is 0 Å². The second-order valence-electron chi connectivity index (χ2n) is 7.60. The first kappa shape index (κ1) is 18.6. The zero-order valence-electron chi connectivity index (χ0n) is 15.0. The van der Waals surface area contributed by atoms with Gasteiger partial charge < -0.3 is 25.4 Å². The van der Waals surface area contributed by atoms with Crippen LogP contribution in [-0.2, 0) is 14.3 Å². The topological polar surface area (TPSA) is 96.1 Å². The molecule has 1 spiro atoms. The number of carbonyl (C=O) groups is 2. The lowest BCUT2D eigenvalue weighted by atomic mass is 9.58. The zero-order valence-corrected chi connectivity index (χ0v) is 15.0. The van der Waals surface area contributed by atoms with Crippen LogP contribution in [0.1, 0.15) is 44.9 Å². The number of nitrogens with zero attached hydrogens (tertiary/aromatic N) is 2. The number of ether oxygens (including phenoxy) is 1. The van der Waals surface area contributed by atoms with Crippen LogP contribution < -0.4 is 5.73 Å². The van der Waals surface area contributed by atoms with Crippen LogP contribution in [-0.4, -0.2) is 78.3 Å². The summed E-state index contributed by atoms with van der Waals surface area (Å²) < 4.78 is 5.79. The number of aliphatic hydroxyl groups excluding tert-OH is 1. The first-order valence-corrected chi connectivity index (χ1v) is 9.62. The van der Waals surface area contributed by atoms with E-state index >= 15 is 0 Å². The summed E-state index contributed by atoms with van der Waals surface area (Å²) in [5, 5.41) is 10.3. The van der Waals surface area contributed by atoms with Crippen LogP contribution in [0.2, 0.25) is 0 Å². The van der Waals surface area contributed by atoms with Crippen LogP contribution in [0.3, 0.4) is 0 Å². The monoisotopic (exact) mass is 353 g/mol. The van der Waals surface area contributed by atoms with Gasteiger partial charge in [0, 0.05) is 57.4 Å². The van der Waals surface area contributed by atoms with Crippen molar-refractivity contribution in [2.45, 2.75) is 57.2 Å². The Balaban J connectivity index is 1.45. The van der Waals surface area contributed by atoms with E-state index in [9.17, 15) is 14.7 Å². The molecule has 3 aliphatic rings. The Labute approximate surface area is 149 Å². The van der Waals surface area contributed by atoms with Crippen molar-refractivity contribution in [1.82, 2.24) is 9.80 Å². The Kier molecular flexibility index (Phi) is 5.96.